The van der Waals surface area contributed by atoms with E-state index in [1.807, 2.05) is 0 Å². The van der Waals surface area contributed by atoms with Crippen LogP contribution < -0.4 is 4.74 Å². The summed E-state index contributed by atoms with van der Waals surface area (Å²) in [5, 5.41) is 0. The molecule has 25 heavy (non-hydrogen) atoms. The second-order valence-corrected chi connectivity index (χ2v) is 7.00. The third kappa shape index (κ3) is 4.85. The summed E-state index contributed by atoms with van der Waals surface area (Å²) >= 11 is 0. The third-order valence-electron chi connectivity index (χ3n) is 3.16. The van der Waals surface area contributed by atoms with Crippen molar-refractivity contribution in [3.05, 3.63) is 60.2 Å². The Kier molecular flexibility index (Phi) is 6.64. The summed E-state index contributed by atoms with van der Waals surface area (Å²) in [6.45, 7) is -0.586. The van der Waals surface area contributed by atoms with E-state index >= 15 is 0 Å². The molecule has 1 atom stereocenters. The molecule has 0 amide bonds. The Labute approximate surface area is 144 Å². The maximum Gasteiger partial charge on any atom is 0.376 e. The van der Waals surface area contributed by atoms with Crippen molar-refractivity contribution in [1.82, 2.24) is 4.98 Å². The highest BCUT2D eigenvalue weighted by Crippen LogP contribution is 2.60. The molecule has 1 heterocycles. The van der Waals surface area contributed by atoms with Gasteiger partial charge in [0.15, 0.2) is 18.2 Å². The van der Waals surface area contributed by atoms with Gasteiger partial charge in [-0.15, -0.1) is 0 Å². The average Bonchev–Trinajstić information content (AvgIpc) is 2.65. The van der Waals surface area contributed by atoms with Gasteiger partial charge in [-0.2, -0.15) is 0 Å². The molecule has 0 aliphatic rings. The van der Waals surface area contributed by atoms with Crippen molar-refractivity contribution in [2.24, 2.45) is 0 Å². The number of pyridine rings is 1. The SMILES string of the molecule is COP(=O)(OC)C(OC(=O)COc1ccccc1F)c1ccccn1. The predicted molar refractivity (Wildman–Crippen MR) is 86.6 cm³/mol. The lowest BCUT2D eigenvalue weighted by Crippen LogP contribution is -2.20. The minimum Gasteiger partial charge on any atom is -0.479 e. The summed E-state index contributed by atoms with van der Waals surface area (Å²) in [6, 6.07) is 10.4. The zero-order valence-corrected chi connectivity index (χ0v) is 14.5. The number of halogens is 1. The first-order valence-corrected chi connectivity index (χ1v) is 8.80. The number of hydrogen-bond acceptors (Lipinski definition) is 7. The fraction of sp³-hybridized carbons (Fsp3) is 0.250. The zero-order chi connectivity index (χ0) is 18.3. The van der Waals surface area contributed by atoms with Crippen molar-refractivity contribution in [1.29, 1.82) is 0 Å². The minimum atomic E-state index is -3.81. The lowest BCUT2D eigenvalue weighted by Gasteiger charge is -2.23. The van der Waals surface area contributed by atoms with Gasteiger partial charge in [0.05, 0.1) is 5.69 Å². The molecule has 0 saturated heterocycles. The number of carbonyl (C=O) groups excluding carboxylic acids is 1. The van der Waals surface area contributed by atoms with Gasteiger partial charge in [-0.1, -0.05) is 18.2 Å². The van der Waals surface area contributed by atoms with Gasteiger partial charge in [0, 0.05) is 20.4 Å². The van der Waals surface area contributed by atoms with Gasteiger partial charge in [0.1, 0.15) is 0 Å². The Morgan fingerprint density at radius 2 is 1.84 bits per heavy atom. The second kappa shape index (κ2) is 8.71. The van der Waals surface area contributed by atoms with Crippen molar-refractivity contribution in [2.75, 3.05) is 20.8 Å². The van der Waals surface area contributed by atoms with Crippen LogP contribution in [0.25, 0.3) is 0 Å². The number of carbonyl (C=O) groups is 1. The van der Waals surface area contributed by atoms with E-state index in [1.54, 1.807) is 18.2 Å². The highest BCUT2D eigenvalue weighted by atomic mass is 31.2. The van der Waals surface area contributed by atoms with Crippen LogP contribution in [0.5, 0.6) is 5.75 Å². The molecule has 0 spiro atoms. The van der Waals surface area contributed by atoms with Crippen LogP contribution >= 0.6 is 7.60 Å². The molecule has 0 aliphatic carbocycles. The Bertz CT molecular complexity index is 749. The Balaban J connectivity index is 2.12. The van der Waals surface area contributed by atoms with Crippen LogP contribution in [0.4, 0.5) is 4.39 Å². The molecule has 0 bridgehead atoms. The number of ether oxygens (including phenoxy) is 2. The monoisotopic (exact) mass is 369 g/mol. The number of esters is 1. The summed E-state index contributed by atoms with van der Waals surface area (Å²) in [5.41, 5.74) is 0.189. The van der Waals surface area contributed by atoms with E-state index in [1.165, 1.54) is 44.7 Å². The number of rotatable bonds is 8. The molecule has 0 N–H and O–H groups in total. The molecule has 2 rings (SSSR count). The number of nitrogens with zero attached hydrogens (tertiary/aromatic N) is 1. The standard InChI is InChI=1S/C16H17FNO6P/c1-21-25(20,22-2)16(13-8-5-6-10-18-13)24-15(19)11-23-14-9-4-3-7-12(14)17/h3-10,16H,11H2,1-2H3. The van der Waals surface area contributed by atoms with Crippen molar-refractivity contribution < 1.29 is 32.3 Å². The molecule has 9 heteroatoms. The first kappa shape index (κ1) is 19.1. The van der Waals surface area contributed by atoms with Crippen LogP contribution in [0.2, 0.25) is 0 Å². The van der Waals surface area contributed by atoms with Gasteiger partial charge < -0.3 is 18.5 Å². The first-order valence-electron chi connectivity index (χ1n) is 7.19. The molecule has 1 aromatic carbocycles. The summed E-state index contributed by atoms with van der Waals surface area (Å²) in [6.07, 6.45) is 1.45. The number of hydrogen-bond donors (Lipinski definition) is 0. The van der Waals surface area contributed by atoms with Crippen molar-refractivity contribution in [3.8, 4) is 5.75 Å². The van der Waals surface area contributed by atoms with Gasteiger partial charge in [-0.3, -0.25) is 9.55 Å². The number of para-hydroxylation sites is 1. The molecule has 2 aromatic rings. The minimum absolute atomic E-state index is 0.101. The highest BCUT2D eigenvalue weighted by molar-refractivity contribution is 7.54. The van der Waals surface area contributed by atoms with Crippen LogP contribution in [0.1, 0.15) is 11.5 Å². The summed E-state index contributed by atoms with van der Waals surface area (Å²) in [4.78, 5) is 16.1. The molecule has 1 unspecified atom stereocenters. The van der Waals surface area contributed by atoms with Gasteiger partial charge >= 0.3 is 13.6 Å². The van der Waals surface area contributed by atoms with E-state index in [0.717, 1.165) is 0 Å². The molecule has 0 aliphatic heterocycles. The predicted octanol–water partition coefficient (Wildman–Crippen LogP) is 3.33. The van der Waals surface area contributed by atoms with E-state index in [0.29, 0.717) is 0 Å². The van der Waals surface area contributed by atoms with E-state index in [4.69, 9.17) is 18.5 Å². The van der Waals surface area contributed by atoms with Crippen LogP contribution in [-0.4, -0.2) is 31.8 Å². The zero-order valence-electron chi connectivity index (χ0n) is 13.6. The third-order valence-corrected chi connectivity index (χ3v) is 5.12. The number of benzene rings is 1. The first-order chi connectivity index (χ1) is 12.0. The largest absolute Gasteiger partial charge is 0.479 e. The molecule has 0 saturated carbocycles. The van der Waals surface area contributed by atoms with Gasteiger partial charge in [-0.25, -0.2) is 9.18 Å². The maximum absolute atomic E-state index is 13.5. The highest BCUT2D eigenvalue weighted by Gasteiger charge is 2.40. The smallest absolute Gasteiger partial charge is 0.376 e. The molecule has 0 fully saturated rings. The van der Waals surface area contributed by atoms with Gasteiger partial charge in [-0.05, 0) is 24.3 Å². The van der Waals surface area contributed by atoms with Gasteiger partial charge in [0.2, 0.25) is 5.85 Å². The topological polar surface area (TPSA) is 84.0 Å². The van der Waals surface area contributed by atoms with E-state index in [2.05, 4.69) is 4.98 Å². The summed E-state index contributed by atoms with van der Waals surface area (Å²) in [5.74, 6) is -2.97. The summed E-state index contributed by atoms with van der Waals surface area (Å²) < 4.78 is 46.2. The normalized spacial score (nSPS) is 12.4. The maximum atomic E-state index is 13.5. The van der Waals surface area contributed by atoms with E-state index in [-0.39, 0.29) is 11.4 Å². The van der Waals surface area contributed by atoms with E-state index < -0.39 is 31.8 Å². The average molecular weight is 369 g/mol. The van der Waals surface area contributed by atoms with Crippen LogP contribution in [0, 0.1) is 5.82 Å². The quantitative estimate of drug-likeness (QED) is 0.521. The molecule has 0 radical (unpaired) electrons. The molecular weight excluding hydrogens is 352 g/mol. The van der Waals surface area contributed by atoms with Crippen LogP contribution in [0.15, 0.2) is 48.7 Å². The molecule has 1 aromatic heterocycles. The van der Waals surface area contributed by atoms with Crippen LogP contribution in [-0.2, 0) is 23.1 Å². The molecule has 7 nitrogen and oxygen atoms in total. The van der Waals surface area contributed by atoms with Crippen LogP contribution in [0.3, 0.4) is 0 Å². The van der Waals surface area contributed by atoms with Gasteiger partial charge in [0.25, 0.3) is 0 Å². The number of aromatic nitrogens is 1. The Morgan fingerprint density at radius 3 is 2.44 bits per heavy atom. The Morgan fingerprint density at radius 1 is 1.16 bits per heavy atom. The van der Waals surface area contributed by atoms with Crippen molar-refractivity contribution in [3.63, 3.8) is 0 Å². The molecular formula is C16H17FNO6P. The fourth-order valence-electron chi connectivity index (χ4n) is 1.93. The van der Waals surface area contributed by atoms with Crippen molar-refractivity contribution in [2.45, 2.75) is 5.85 Å². The fourth-order valence-corrected chi connectivity index (χ4v) is 3.19. The van der Waals surface area contributed by atoms with E-state index in [9.17, 15) is 13.8 Å². The molecule has 134 valence electrons. The van der Waals surface area contributed by atoms with Crippen molar-refractivity contribution >= 4 is 13.6 Å². The lowest BCUT2D eigenvalue weighted by atomic mass is 10.3. The second-order valence-electron chi connectivity index (χ2n) is 4.72. The Hall–Kier alpha value is -2.28. The summed E-state index contributed by atoms with van der Waals surface area (Å²) in [7, 11) is -1.47. The lowest BCUT2D eigenvalue weighted by molar-refractivity contribution is -0.149.